The summed E-state index contributed by atoms with van der Waals surface area (Å²) in [6.07, 6.45) is 4.08. The molecule has 1 heterocycles. The average Bonchev–Trinajstić information content (AvgIpc) is 3.16. The van der Waals surface area contributed by atoms with Gasteiger partial charge in [-0.15, -0.1) is 11.8 Å². The molecule has 7 heteroatoms. The molecule has 2 rings (SSSR count). The first-order chi connectivity index (χ1) is 10.9. The van der Waals surface area contributed by atoms with Crippen LogP contribution in [0.3, 0.4) is 0 Å². The van der Waals surface area contributed by atoms with Crippen LogP contribution in [0.1, 0.15) is 39.5 Å². The van der Waals surface area contributed by atoms with Gasteiger partial charge in [-0.2, -0.15) is 0 Å². The third-order valence-corrected chi connectivity index (χ3v) is 5.37. The number of amides is 3. The first kappa shape index (κ1) is 18.1. The maximum atomic E-state index is 12.6. The van der Waals surface area contributed by atoms with Crippen molar-refractivity contribution in [3.05, 3.63) is 0 Å². The van der Waals surface area contributed by atoms with Crippen molar-refractivity contribution < 1.29 is 14.4 Å². The van der Waals surface area contributed by atoms with Gasteiger partial charge in [-0.1, -0.05) is 12.8 Å². The molecule has 0 bridgehead atoms. The van der Waals surface area contributed by atoms with Crippen molar-refractivity contribution in [2.45, 2.75) is 51.6 Å². The molecule has 1 saturated heterocycles. The summed E-state index contributed by atoms with van der Waals surface area (Å²) >= 11 is 1.61. The van der Waals surface area contributed by atoms with Crippen LogP contribution in [-0.2, 0) is 14.4 Å². The van der Waals surface area contributed by atoms with Gasteiger partial charge in [-0.05, 0) is 26.7 Å². The molecule has 1 aliphatic heterocycles. The Bertz CT molecular complexity index is 463. The van der Waals surface area contributed by atoms with Crippen LogP contribution in [0.4, 0.5) is 0 Å². The fourth-order valence-electron chi connectivity index (χ4n) is 3.19. The second-order valence-electron chi connectivity index (χ2n) is 6.72. The summed E-state index contributed by atoms with van der Waals surface area (Å²) in [7, 11) is 1.63. The Morgan fingerprint density at radius 2 is 1.91 bits per heavy atom. The predicted octanol–water partition coefficient (Wildman–Crippen LogP) is 1.06. The smallest absolute Gasteiger partial charge is 0.246 e. The summed E-state index contributed by atoms with van der Waals surface area (Å²) in [5, 5.41) is 2.78. The molecule has 2 aliphatic rings. The van der Waals surface area contributed by atoms with Gasteiger partial charge in [0, 0.05) is 24.8 Å². The van der Waals surface area contributed by atoms with E-state index in [4.69, 9.17) is 0 Å². The van der Waals surface area contributed by atoms with Crippen LogP contribution in [0.25, 0.3) is 0 Å². The van der Waals surface area contributed by atoms with Gasteiger partial charge in [0.05, 0.1) is 12.4 Å². The van der Waals surface area contributed by atoms with Crippen molar-refractivity contribution in [3.63, 3.8) is 0 Å². The molecular formula is C16H27N3O3S. The van der Waals surface area contributed by atoms with Gasteiger partial charge in [0.15, 0.2) is 0 Å². The number of nitrogens with one attached hydrogen (secondary N) is 1. The van der Waals surface area contributed by atoms with Crippen molar-refractivity contribution in [1.82, 2.24) is 15.1 Å². The Labute approximate surface area is 142 Å². The Kier molecular flexibility index (Phi) is 6.33. The Morgan fingerprint density at radius 3 is 2.52 bits per heavy atom. The van der Waals surface area contributed by atoms with Crippen LogP contribution in [0.2, 0.25) is 0 Å². The molecular weight excluding hydrogens is 314 g/mol. The number of hydrogen-bond donors (Lipinski definition) is 1. The maximum Gasteiger partial charge on any atom is 0.246 e. The van der Waals surface area contributed by atoms with E-state index in [1.807, 2.05) is 13.8 Å². The molecule has 1 N–H and O–H groups in total. The van der Waals surface area contributed by atoms with E-state index >= 15 is 0 Å². The fraction of sp³-hybridized carbons (Fsp3) is 0.812. The monoisotopic (exact) mass is 341 g/mol. The zero-order valence-corrected chi connectivity index (χ0v) is 15.0. The van der Waals surface area contributed by atoms with Crippen LogP contribution in [0.5, 0.6) is 0 Å². The van der Waals surface area contributed by atoms with E-state index in [1.54, 1.807) is 23.7 Å². The lowest BCUT2D eigenvalue weighted by atomic mass is 10.1. The number of nitrogens with zero attached hydrogens (tertiary/aromatic N) is 2. The number of carbonyl (C=O) groups is 3. The van der Waals surface area contributed by atoms with Crippen molar-refractivity contribution in [2.75, 3.05) is 25.2 Å². The summed E-state index contributed by atoms with van der Waals surface area (Å²) in [4.78, 5) is 40.2. The first-order valence-electron chi connectivity index (χ1n) is 8.32. The zero-order chi connectivity index (χ0) is 17.0. The molecule has 23 heavy (non-hydrogen) atoms. The normalized spacial score (nSPS) is 21.7. The molecule has 6 nitrogen and oxygen atoms in total. The van der Waals surface area contributed by atoms with E-state index in [-0.39, 0.29) is 36.2 Å². The number of hydrogen-bond acceptors (Lipinski definition) is 4. The van der Waals surface area contributed by atoms with Crippen molar-refractivity contribution in [2.24, 2.45) is 5.92 Å². The van der Waals surface area contributed by atoms with Crippen LogP contribution in [0, 0.1) is 5.92 Å². The molecule has 3 amide bonds. The minimum Gasteiger partial charge on any atom is -0.352 e. The summed E-state index contributed by atoms with van der Waals surface area (Å²) in [6, 6.07) is -0.376. The third-order valence-electron chi connectivity index (χ3n) is 4.36. The van der Waals surface area contributed by atoms with E-state index < -0.39 is 6.04 Å². The Balaban J connectivity index is 1.94. The zero-order valence-electron chi connectivity index (χ0n) is 14.2. The van der Waals surface area contributed by atoms with Crippen LogP contribution in [0.15, 0.2) is 0 Å². The van der Waals surface area contributed by atoms with E-state index in [0.29, 0.717) is 11.6 Å². The lowest BCUT2D eigenvalue weighted by Crippen LogP contribution is -2.51. The van der Waals surface area contributed by atoms with Crippen molar-refractivity contribution in [3.8, 4) is 0 Å². The summed E-state index contributed by atoms with van der Waals surface area (Å²) in [5.41, 5.74) is 0. The third kappa shape index (κ3) is 4.62. The molecule has 1 saturated carbocycles. The van der Waals surface area contributed by atoms with E-state index in [1.165, 1.54) is 4.90 Å². The molecule has 130 valence electrons. The quantitative estimate of drug-likeness (QED) is 0.812. The lowest BCUT2D eigenvalue weighted by Gasteiger charge is -2.29. The highest BCUT2D eigenvalue weighted by molar-refractivity contribution is 7.99. The van der Waals surface area contributed by atoms with Gasteiger partial charge in [-0.25, -0.2) is 0 Å². The van der Waals surface area contributed by atoms with Gasteiger partial charge in [0.2, 0.25) is 17.7 Å². The second-order valence-corrected chi connectivity index (χ2v) is 7.72. The fourth-order valence-corrected chi connectivity index (χ4v) is 4.34. The Morgan fingerprint density at radius 1 is 1.26 bits per heavy atom. The minimum absolute atomic E-state index is 0.0314. The summed E-state index contributed by atoms with van der Waals surface area (Å²) in [6.45, 7) is 3.80. The first-order valence-corrected chi connectivity index (χ1v) is 9.48. The molecule has 1 aliphatic carbocycles. The molecule has 0 unspecified atom stereocenters. The SMILES string of the molecule is CC(C)NC(=O)CN(C)C(=O)[C@H]1CSCN1C(=O)C1CCCC1. The van der Waals surface area contributed by atoms with Crippen molar-refractivity contribution in [1.29, 1.82) is 0 Å². The van der Waals surface area contributed by atoms with E-state index in [0.717, 1.165) is 25.7 Å². The van der Waals surface area contributed by atoms with Gasteiger partial charge in [0.25, 0.3) is 0 Å². The molecule has 0 aromatic rings. The second kappa shape index (κ2) is 8.04. The molecule has 0 spiro atoms. The average molecular weight is 341 g/mol. The summed E-state index contributed by atoms with van der Waals surface area (Å²) < 4.78 is 0. The van der Waals surface area contributed by atoms with Gasteiger partial charge in [0.1, 0.15) is 6.04 Å². The highest BCUT2D eigenvalue weighted by Gasteiger charge is 2.39. The maximum absolute atomic E-state index is 12.6. The minimum atomic E-state index is -0.426. The van der Waals surface area contributed by atoms with Crippen LogP contribution in [-0.4, -0.2) is 64.8 Å². The standard InChI is InChI=1S/C16H27N3O3S/c1-11(2)17-14(20)8-18(3)16(22)13-9-23-10-19(13)15(21)12-6-4-5-7-12/h11-13H,4-10H2,1-3H3,(H,17,20)/t13-/m1/s1. The molecule has 1 atom stereocenters. The molecule has 0 radical (unpaired) electrons. The molecule has 2 fully saturated rings. The largest absolute Gasteiger partial charge is 0.352 e. The number of rotatable bonds is 5. The Hall–Kier alpha value is -1.24. The van der Waals surface area contributed by atoms with E-state index in [2.05, 4.69) is 5.32 Å². The highest BCUT2D eigenvalue weighted by atomic mass is 32.2. The number of likely N-dealkylation sites (N-methyl/N-ethyl adjacent to an activating group) is 1. The van der Waals surface area contributed by atoms with Gasteiger partial charge < -0.3 is 15.1 Å². The van der Waals surface area contributed by atoms with Crippen LogP contribution < -0.4 is 5.32 Å². The van der Waals surface area contributed by atoms with Gasteiger partial charge >= 0.3 is 0 Å². The number of thioether (sulfide) groups is 1. The van der Waals surface area contributed by atoms with Gasteiger partial charge in [-0.3, -0.25) is 14.4 Å². The molecule has 0 aromatic carbocycles. The number of carbonyl (C=O) groups excluding carboxylic acids is 3. The predicted molar refractivity (Wildman–Crippen MR) is 90.8 cm³/mol. The lowest BCUT2D eigenvalue weighted by molar-refractivity contribution is -0.145. The highest BCUT2D eigenvalue weighted by Crippen LogP contribution is 2.31. The summed E-state index contributed by atoms with van der Waals surface area (Å²) in [5.74, 6) is 1.09. The van der Waals surface area contributed by atoms with Crippen LogP contribution >= 0.6 is 11.8 Å². The van der Waals surface area contributed by atoms with Crippen molar-refractivity contribution >= 4 is 29.5 Å². The van der Waals surface area contributed by atoms with E-state index in [9.17, 15) is 14.4 Å². The molecule has 0 aromatic heterocycles. The topological polar surface area (TPSA) is 69.7 Å².